The lowest BCUT2D eigenvalue weighted by Crippen LogP contribution is -2.52. The quantitative estimate of drug-likeness (QED) is 0.387. The summed E-state index contributed by atoms with van der Waals surface area (Å²) in [6, 6.07) is 4.06. The Morgan fingerprint density at radius 2 is 1.66 bits per heavy atom. The monoisotopic (exact) mass is 406 g/mol. The molecule has 29 heavy (non-hydrogen) atoms. The number of nitrogens with one attached hydrogen (secondary N) is 1. The molecule has 1 aromatic carbocycles. The summed E-state index contributed by atoms with van der Waals surface area (Å²) in [5.74, 6) is 3.80. The third-order valence-electron chi connectivity index (χ3n) is 5.26. The summed E-state index contributed by atoms with van der Waals surface area (Å²) < 4.78 is 16.4. The number of benzene rings is 1. The number of guanidine groups is 1. The molecular weight excluding hydrogens is 368 g/mol. The predicted molar refractivity (Wildman–Crippen MR) is 118 cm³/mol. The highest BCUT2D eigenvalue weighted by molar-refractivity contribution is 5.79. The Morgan fingerprint density at radius 1 is 1.03 bits per heavy atom. The molecule has 2 rings (SSSR count). The van der Waals surface area contributed by atoms with E-state index in [0.717, 1.165) is 56.7 Å². The van der Waals surface area contributed by atoms with Crippen molar-refractivity contribution in [1.82, 2.24) is 15.1 Å². The summed E-state index contributed by atoms with van der Waals surface area (Å²) in [7, 11) is 6.80. The summed E-state index contributed by atoms with van der Waals surface area (Å²) in [4.78, 5) is 9.26. The molecule has 0 bridgehead atoms. The zero-order chi connectivity index (χ0) is 21.2. The number of ether oxygens (including phenoxy) is 3. The molecule has 0 radical (unpaired) electrons. The Balaban J connectivity index is 1.89. The van der Waals surface area contributed by atoms with Gasteiger partial charge in [0.05, 0.1) is 21.3 Å². The molecule has 7 nitrogen and oxygen atoms in total. The first-order valence-electron chi connectivity index (χ1n) is 10.5. The van der Waals surface area contributed by atoms with Crippen LogP contribution in [0.25, 0.3) is 0 Å². The van der Waals surface area contributed by atoms with Gasteiger partial charge in [-0.05, 0) is 36.5 Å². The van der Waals surface area contributed by atoms with Crippen molar-refractivity contribution in [2.24, 2.45) is 10.9 Å². The average molecular weight is 407 g/mol. The van der Waals surface area contributed by atoms with Crippen molar-refractivity contribution in [1.29, 1.82) is 0 Å². The number of nitrogens with zero attached hydrogens (tertiary/aromatic N) is 3. The summed E-state index contributed by atoms with van der Waals surface area (Å²) in [6.07, 6.45) is 2.42. The van der Waals surface area contributed by atoms with Crippen LogP contribution in [-0.4, -0.2) is 76.9 Å². The van der Waals surface area contributed by atoms with Crippen molar-refractivity contribution in [3.8, 4) is 17.2 Å². The van der Waals surface area contributed by atoms with E-state index in [-0.39, 0.29) is 0 Å². The predicted octanol–water partition coefficient (Wildman–Crippen LogP) is 2.84. The summed E-state index contributed by atoms with van der Waals surface area (Å²) >= 11 is 0. The highest BCUT2D eigenvalue weighted by Gasteiger charge is 2.21. The van der Waals surface area contributed by atoms with Gasteiger partial charge < -0.3 is 24.4 Å². The first-order chi connectivity index (χ1) is 14.0. The van der Waals surface area contributed by atoms with Gasteiger partial charge in [0.25, 0.3) is 0 Å². The molecule has 1 aromatic rings. The van der Waals surface area contributed by atoms with Crippen LogP contribution in [0.1, 0.15) is 32.3 Å². The van der Waals surface area contributed by atoms with E-state index in [1.807, 2.05) is 19.2 Å². The zero-order valence-electron chi connectivity index (χ0n) is 19.0. The van der Waals surface area contributed by atoms with Gasteiger partial charge >= 0.3 is 0 Å². The topological polar surface area (TPSA) is 58.6 Å². The van der Waals surface area contributed by atoms with E-state index in [1.54, 1.807) is 21.3 Å². The van der Waals surface area contributed by atoms with Gasteiger partial charge in [-0.15, -0.1) is 0 Å². The average Bonchev–Trinajstić information content (AvgIpc) is 2.73. The maximum atomic E-state index is 5.48. The van der Waals surface area contributed by atoms with Crippen LogP contribution in [0.15, 0.2) is 17.1 Å². The van der Waals surface area contributed by atoms with E-state index in [1.165, 1.54) is 12.8 Å². The van der Waals surface area contributed by atoms with E-state index in [2.05, 4.69) is 34.0 Å². The number of methoxy groups -OCH3 is 3. The largest absolute Gasteiger partial charge is 0.493 e. The lowest BCUT2D eigenvalue weighted by molar-refractivity contribution is 0.172. The molecule has 1 aliphatic rings. The van der Waals surface area contributed by atoms with Crippen molar-refractivity contribution >= 4 is 5.96 Å². The molecule has 1 saturated heterocycles. The zero-order valence-corrected chi connectivity index (χ0v) is 19.0. The van der Waals surface area contributed by atoms with Crippen LogP contribution in [0.5, 0.6) is 17.2 Å². The summed E-state index contributed by atoms with van der Waals surface area (Å²) in [5, 5.41) is 3.51. The van der Waals surface area contributed by atoms with Gasteiger partial charge in [-0.3, -0.25) is 9.89 Å². The van der Waals surface area contributed by atoms with Gasteiger partial charge in [0, 0.05) is 46.3 Å². The van der Waals surface area contributed by atoms with Gasteiger partial charge in [-0.2, -0.15) is 0 Å². The molecule has 1 fully saturated rings. The maximum absolute atomic E-state index is 5.48. The maximum Gasteiger partial charge on any atom is 0.203 e. The second-order valence-electron chi connectivity index (χ2n) is 7.81. The normalized spacial score (nSPS) is 15.6. The van der Waals surface area contributed by atoms with Gasteiger partial charge in [0.2, 0.25) is 5.75 Å². The van der Waals surface area contributed by atoms with Crippen LogP contribution in [0.3, 0.4) is 0 Å². The first-order valence-corrected chi connectivity index (χ1v) is 10.5. The van der Waals surface area contributed by atoms with Crippen LogP contribution in [0.2, 0.25) is 0 Å². The first kappa shape index (κ1) is 23.1. The Bertz CT molecular complexity index is 630. The molecule has 1 aliphatic heterocycles. The van der Waals surface area contributed by atoms with Gasteiger partial charge in [0.15, 0.2) is 17.5 Å². The van der Waals surface area contributed by atoms with E-state index >= 15 is 0 Å². The van der Waals surface area contributed by atoms with Crippen LogP contribution < -0.4 is 19.5 Å². The van der Waals surface area contributed by atoms with Gasteiger partial charge in [-0.1, -0.05) is 13.8 Å². The van der Waals surface area contributed by atoms with Crippen LogP contribution in [-0.2, 0) is 6.54 Å². The Kier molecular flexibility index (Phi) is 9.38. The third-order valence-corrected chi connectivity index (χ3v) is 5.26. The van der Waals surface area contributed by atoms with Crippen molar-refractivity contribution < 1.29 is 14.2 Å². The van der Waals surface area contributed by atoms with E-state index in [9.17, 15) is 0 Å². The fourth-order valence-corrected chi connectivity index (χ4v) is 3.65. The van der Waals surface area contributed by atoms with Crippen LogP contribution >= 0.6 is 0 Å². The second kappa shape index (κ2) is 11.8. The smallest absolute Gasteiger partial charge is 0.203 e. The number of piperazine rings is 1. The van der Waals surface area contributed by atoms with Gasteiger partial charge in [0.1, 0.15) is 0 Å². The third kappa shape index (κ3) is 6.70. The molecule has 164 valence electrons. The van der Waals surface area contributed by atoms with E-state index in [4.69, 9.17) is 14.2 Å². The molecule has 0 amide bonds. The fraction of sp³-hybridized carbons (Fsp3) is 0.682. The molecule has 0 spiro atoms. The van der Waals surface area contributed by atoms with Gasteiger partial charge in [-0.25, -0.2) is 0 Å². The SMILES string of the molecule is CN=C(NCCCC(C)C)N1CCN(Cc2cc(OC)c(OC)c(OC)c2)CC1. The van der Waals surface area contributed by atoms with Crippen molar-refractivity contribution in [3.63, 3.8) is 0 Å². The van der Waals surface area contributed by atoms with Crippen molar-refractivity contribution in [2.45, 2.75) is 33.2 Å². The minimum Gasteiger partial charge on any atom is -0.493 e. The molecule has 7 heteroatoms. The molecule has 0 atom stereocenters. The summed E-state index contributed by atoms with van der Waals surface area (Å²) in [5.41, 5.74) is 1.16. The molecule has 0 saturated carbocycles. The fourth-order valence-electron chi connectivity index (χ4n) is 3.65. The molecule has 0 unspecified atom stereocenters. The lowest BCUT2D eigenvalue weighted by atomic mass is 10.1. The number of hydrogen-bond donors (Lipinski definition) is 1. The summed E-state index contributed by atoms with van der Waals surface area (Å²) in [6.45, 7) is 10.3. The Labute approximate surface area is 176 Å². The van der Waals surface area contributed by atoms with Crippen LogP contribution in [0.4, 0.5) is 0 Å². The Hall–Kier alpha value is -2.15. The van der Waals surface area contributed by atoms with Crippen LogP contribution in [0, 0.1) is 5.92 Å². The number of rotatable bonds is 9. The minimum atomic E-state index is 0.635. The van der Waals surface area contributed by atoms with E-state index in [0.29, 0.717) is 17.2 Å². The highest BCUT2D eigenvalue weighted by Crippen LogP contribution is 2.38. The highest BCUT2D eigenvalue weighted by atomic mass is 16.5. The lowest BCUT2D eigenvalue weighted by Gasteiger charge is -2.36. The number of aliphatic imine (C=N–C) groups is 1. The Morgan fingerprint density at radius 3 is 2.14 bits per heavy atom. The van der Waals surface area contributed by atoms with Crippen molar-refractivity contribution in [2.75, 3.05) is 61.1 Å². The second-order valence-corrected chi connectivity index (χ2v) is 7.81. The molecule has 0 aromatic heterocycles. The van der Waals surface area contributed by atoms with Crippen molar-refractivity contribution in [3.05, 3.63) is 17.7 Å². The van der Waals surface area contributed by atoms with E-state index < -0.39 is 0 Å². The standard InChI is InChI=1S/C22H38N4O3/c1-17(2)8-7-9-24-22(23-3)26-12-10-25(11-13-26)16-18-14-19(27-4)21(29-6)20(15-18)28-5/h14-15,17H,7-13,16H2,1-6H3,(H,23,24). The molecular formula is C22H38N4O3. The number of hydrogen-bond acceptors (Lipinski definition) is 5. The molecule has 1 heterocycles. The minimum absolute atomic E-state index is 0.635. The molecule has 0 aliphatic carbocycles. The molecule has 1 N–H and O–H groups in total.